The highest BCUT2D eigenvalue weighted by molar-refractivity contribution is 5.59. The molecular formula is C26H37FN2O. The van der Waals surface area contributed by atoms with Gasteiger partial charge in [0.25, 0.3) is 0 Å². The van der Waals surface area contributed by atoms with E-state index in [9.17, 15) is 4.39 Å². The van der Waals surface area contributed by atoms with Gasteiger partial charge < -0.3 is 4.74 Å². The number of ether oxygens (including phenoxy) is 1. The van der Waals surface area contributed by atoms with Crippen LogP contribution in [0, 0.1) is 17.7 Å². The van der Waals surface area contributed by atoms with E-state index in [2.05, 4.69) is 24.0 Å². The summed E-state index contributed by atoms with van der Waals surface area (Å²) in [6.07, 6.45) is 13.4. The predicted octanol–water partition coefficient (Wildman–Crippen LogP) is 7.39. The maximum Gasteiger partial charge on any atom is 0.233 e. The van der Waals surface area contributed by atoms with Crippen LogP contribution in [-0.4, -0.2) is 16.8 Å². The number of hydrogen-bond donors (Lipinski definition) is 0. The molecule has 0 spiro atoms. The second kappa shape index (κ2) is 12.0. The summed E-state index contributed by atoms with van der Waals surface area (Å²) in [4.78, 5) is 0. The van der Waals surface area contributed by atoms with Crippen molar-refractivity contribution in [3.8, 4) is 17.1 Å². The molecule has 1 aliphatic carbocycles. The molecular weight excluding hydrogens is 375 g/mol. The van der Waals surface area contributed by atoms with E-state index >= 15 is 0 Å². The van der Waals surface area contributed by atoms with Gasteiger partial charge in [0, 0.05) is 11.6 Å². The molecule has 1 saturated carbocycles. The van der Waals surface area contributed by atoms with Crippen molar-refractivity contribution in [3.05, 3.63) is 41.7 Å². The Labute approximate surface area is 181 Å². The van der Waals surface area contributed by atoms with Crippen LogP contribution < -0.4 is 4.74 Å². The number of nitrogens with zero attached hydrogens (tertiary/aromatic N) is 2. The monoisotopic (exact) mass is 412 g/mol. The summed E-state index contributed by atoms with van der Waals surface area (Å²) in [6.45, 7) is 5.04. The third-order valence-corrected chi connectivity index (χ3v) is 6.49. The maximum absolute atomic E-state index is 14.7. The lowest BCUT2D eigenvalue weighted by atomic mass is 9.78. The molecule has 0 saturated heterocycles. The van der Waals surface area contributed by atoms with E-state index < -0.39 is 0 Å². The number of halogens is 1. The summed E-state index contributed by atoms with van der Waals surface area (Å²) in [6, 6.07) is 9.13. The minimum Gasteiger partial charge on any atom is -0.477 e. The molecule has 1 aromatic carbocycles. The first-order chi connectivity index (χ1) is 14.7. The van der Waals surface area contributed by atoms with Crippen LogP contribution in [0.4, 0.5) is 4.39 Å². The molecule has 0 radical (unpaired) electrons. The van der Waals surface area contributed by atoms with Gasteiger partial charge in [-0.2, -0.15) is 0 Å². The second-order valence-electron chi connectivity index (χ2n) is 8.83. The number of aryl methyl sites for hydroxylation is 1. The zero-order valence-corrected chi connectivity index (χ0v) is 18.7. The van der Waals surface area contributed by atoms with Crippen molar-refractivity contribution >= 4 is 0 Å². The van der Waals surface area contributed by atoms with E-state index in [1.165, 1.54) is 44.9 Å². The molecule has 1 aromatic heterocycles. The molecule has 3 rings (SSSR count). The van der Waals surface area contributed by atoms with Gasteiger partial charge in [0.2, 0.25) is 5.88 Å². The largest absolute Gasteiger partial charge is 0.477 e. The Morgan fingerprint density at radius 1 is 0.900 bits per heavy atom. The number of benzene rings is 1. The fraction of sp³-hybridized carbons (Fsp3) is 0.615. The number of rotatable bonds is 11. The maximum atomic E-state index is 14.7. The molecule has 4 heteroatoms. The lowest BCUT2D eigenvalue weighted by molar-refractivity contribution is 0.249. The average molecular weight is 413 g/mol. The molecule has 0 atom stereocenters. The first-order valence-electron chi connectivity index (χ1n) is 11.9. The van der Waals surface area contributed by atoms with Crippen LogP contribution >= 0.6 is 0 Å². The summed E-state index contributed by atoms with van der Waals surface area (Å²) in [7, 11) is 0. The van der Waals surface area contributed by atoms with Crippen LogP contribution in [0.25, 0.3) is 11.3 Å². The molecule has 3 nitrogen and oxygen atoms in total. The summed E-state index contributed by atoms with van der Waals surface area (Å²) in [5.41, 5.74) is 2.26. The Bertz CT molecular complexity index is 754. The standard InChI is InChI=1S/C26H37FN2O/c1-3-5-7-20-8-10-21(11-9-20)12-13-22-14-15-23(19-24(22)27)25-16-17-26(29-28-25)30-18-6-4-2/h14-17,19-21H,3-13,18H2,1-2H3. The summed E-state index contributed by atoms with van der Waals surface area (Å²) < 4.78 is 20.3. The molecule has 164 valence electrons. The first kappa shape index (κ1) is 22.7. The van der Waals surface area contributed by atoms with Crippen molar-refractivity contribution < 1.29 is 9.13 Å². The lowest BCUT2D eigenvalue weighted by Crippen LogP contribution is -2.15. The minimum absolute atomic E-state index is 0.130. The molecule has 0 unspecified atom stereocenters. The van der Waals surface area contributed by atoms with Crippen molar-refractivity contribution in [1.82, 2.24) is 10.2 Å². The van der Waals surface area contributed by atoms with E-state index in [0.29, 0.717) is 18.2 Å². The van der Waals surface area contributed by atoms with Gasteiger partial charge in [0.1, 0.15) is 5.82 Å². The predicted molar refractivity (Wildman–Crippen MR) is 121 cm³/mol. The quantitative estimate of drug-likeness (QED) is 0.361. The number of aromatic nitrogens is 2. The van der Waals surface area contributed by atoms with E-state index in [-0.39, 0.29) is 5.82 Å². The van der Waals surface area contributed by atoms with Crippen molar-refractivity contribution in [2.75, 3.05) is 6.61 Å². The van der Waals surface area contributed by atoms with E-state index in [4.69, 9.17) is 4.74 Å². The lowest BCUT2D eigenvalue weighted by Gasteiger charge is -2.28. The Hall–Kier alpha value is -1.97. The van der Waals surface area contributed by atoms with Crippen LogP contribution in [-0.2, 0) is 6.42 Å². The Morgan fingerprint density at radius 2 is 1.63 bits per heavy atom. The fourth-order valence-electron chi connectivity index (χ4n) is 4.44. The second-order valence-corrected chi connectivity index (χ2v) is 8.83. The molecule has 2 aromatic rings. The summed E-state index contributed by atoms with van der Waals surface area (Å²) >= 11 is 0. The van der Waals surface area contributed by atoms with E-state index in [1.807, 2.05) is 18.2 Å². The van der Waals surface area contributed by atoms with Gasteiger partial charge in [-0.1, -0.05) is 77.3 Å². The third-order valence-electron chi connectivity index (χ3n) is 6.49. The van der Waals surface area contributed by atoms with E-state index in [0.717, 1.165) is 48.6 Å². The Kier molecular flexibility index (Phi) is 9.10. The molecule has 0 aliphatic heterocycles. The molecule has 1 aliphatic rings. The Morgan fingerprint density at radius 3 is 2.27 bits per heavy atom. The molecule has 30 heavy (non-hydrogen) atoms. The summed E-state index contributed by atoms with van der Waals surface area (Å²) in [5.74, 6) is 2.08. The first-order valence-corrected chi connectivity index (χ1v) is 11.9. The van der Waals surface area contributed by atoms with Gasteiger partial charge in [0.05, 0.1) is 12.3 Å². The van der Waals surface area contributed by atoms with Gasteiger partial charge in [-0.15, -0.1) is 10.2 Å². The van der Waals surface area contributed by atoms with Gasteiger partial charge in [0.15, 0.2) is 0 Å². The zero-order chi connectivity index (χ0) is 21.2. The molecule has 0 bridgehead atoms. The van der Waals surface area contributed by atoms with Crippen molar-refractivity contribution in [1.29, 1.82) is 0 Å². The Balaban J connectivity index is 1.49. The SMILES string of the molecule is CCCCOc1ccc(-c2ccc(CCC3CCC(CCCC)CC3)c(F)c2)nn1. The van der Waals surface area contributed by atoms with Crippen LogP contribution in [0.3, 0.4) is 0 Å². The third kappa shape index (κ3) is 6.78. The molecule has 0 N–H and O–H groups in total. The minimum atomic E-state index is -0.130. The highest BCUT2D eigenvalue weighted by Crippen LogP contribution is 2.34. The van der Waals surface area contributed by atoms with Gasteiger partial charge in [-0.05, 0) is 48.8 Å². The summed E-state index contributed by atoms with van der Waals surface area (Å²) in [5, 5.41) is 8.31. The number of hydrogen-bond acceptors (Lipinski definition) is 3. The fourth-order valence-corrected chi connectivity index (χ4v) is 4.44. The smallest absolute Gasteiger partial charge is 0.233 e. The molecule has 0 amide bonds. The normalized spacial score (nSPS) is 19.0. The van der Waals surface area contributed by atoms with Gasteiger partial charge in [-0.25, -0.2) is 4.39 Å². The van der Waals surface area contributed by atoms with E-state index in [1.54, 1.807) is 12.1 Å². The van der Waals surface area contributed by atoms with Crippen LogP contribution in [0.15, 0.2) is 30.3 Å². The van der Waals surface area contributed by atoms with Crippen molar-refractivity contribution in [2.45, 2.75) is 84.5 Å². The van der Waals surface area contributed by atoms with Crippen LogP contribution in [0.5, 0.6) is 5.88 Å². The highest BCUT2D eigenvalue weighted by atomic mass is 19.1. The molecule has 1 fully saturated rings. The average Bonchev–Trinajstić information content (AvgIpc) is 2.78. The van der Waals surface area contributed by atoms with Crippen molar-refractivity contribution in [3.63, 3.8) is 0 Å². The molecule has 1 heterocycles. The van der Waals surface area contributed by atoms with Gasteiger partial charge in [-0.3, -0.25) is 0 Å². The van der Waals surface area contributed by atoms with Crippen LogP contribution in [0.2, 0.25) is 0 Å². The number of unbranched alkanes of at least 4 members (excludes halogenated alkanes) is 2. The zero-order valence-electron chi connectivity index (χ0n) is 18.7. The van der Waals surface area contributed by atoms with Crippen molar-refractivity contribution in [2.24, 2.45) is 11.8 Å². The van der Waals surface area contributed by atoms with Gasteiger partial charge >= 0.3 is 0 Å². The van der Waals surface area contributed by atoms with Crippen LogP contribution in [0.1, 0.15) is 83.6 Å². The highest BCUT2D eigenvalue weighted by Gasteiger charge is 2.21. The topological polar surface area (TPSA) is 35.0 Å².